The SMILES string of the molecule is O=[Si]([O-])[O-].O=[Si]([O-])[O-].O=[Si]([O-])[O-].[Lu+3].[Lu+3]. The fraction of sp³-hybridized carbons (Fsp3) is 0. The summed E-state index contributed by atoms with van der Waals surface area (Å²) in [6.45, 7) is 0. The summed E-state index contributed by atoms with van der Waals surface area (Å²) < 4.78 is 25.6. The monoisotopic (exact) mass is 578 g/mol. The molecule has 0 aliphatic carbocycles. The Bertz CT molecular complexity index is 116. The van der Waals surface area contributed by atoms with Gasteiger partial charge in [0.05, 0.1) is 0 Å². The van der Waals surface area contributed by atoms with E-state index in [1.807, 2.05) is 0 Å². The summed E-state index contributed by atoms with van der Waals surface area (Å²) in [4.78, 5) is 51.1. The summed E-state index contributed by atoms with van der Waals surface area (Å²) >= 11 is 0. The first-order chi connectivity index (χ1) is 5.20. The number of hydrogen-bond acceptors (Lipinski definition) is 9. The zero-order valence-electron chi connectivity index (χ0n) is 5.69. The van der Waals surface area contributed by atoms with E-state index in [9.17, 15) is 0 Å². The Morgan fingerprint density at radius 1 is 0.500 bits per heavy atom. The van der Waals surface area contributed by atoms with Gasteiger partial charge >= 0.3 is 73.7 Å². The molecule has 0 N–H and O–H groups in total. The number of rotatable bonds is 0. The van der Waals surface area contributed by atoms with E-state index >= 15 is 0 Å². The van der Waals surface area contributed by atoms with Crippen LogP contribution in [0.25, 0.3) is 0 Å². The second-order valence-electron chi connectivity index (χ2n) is 0.750. The molecule has 96 valence electrons. The fourth-order valence-corrected chi connectivity index (χ4v) is 0. The zero-order valence-corrected chi connectivity index (χ0v) is 12.0. The van der Waals surface area contributed by atoms with Crippen molar-refractivity contribution < 1.29 is 116 Å². The molecular formula is Lu2O9Si3. The molecule has 0 saturated heterocycles. The second kappa shape index (κ2) is 23.9. The topological polar surface area (TPSA) is 190 Å². The molecule has 14 heavy (non-hydrogen) atoms. The zero-order chi connectivity index (χ0) is 10.7. The van der Waals surface area contributed by atoms with Crippen LogP contribution in [-0.2, 0) is 13.4 Å². The molecule has 0 saturated carbocycles. The van der Waals surface area contributed by atoms with Crippen LogP contribution >= 0.6 is 0 Å². The molecule has 0 radical (unpaired) electrons. The summed E-state index contributed by atoms with van der Waals surface area (Å²) in [6.07, 6.45) is 0. The van der Waals surface area contributed by atoms with Gasteiger partial charge in [-0.1, -0.05) is 0 Å². The normalized spacial score (nSPS) is 5.14. The number of hydrogen-bond donors (Lipinski definition) is 0. The molecule has 0 amide bonds. The minimum atomic E-state index is -3.63. The van der Waals surface area contributed by atoms with Crippen molar-refractivity contribution in [2.45, 2.75) is 0 Å². The molecular weight excluding hydrogens is 578 g/mol. The average Bonchev–Trinajstić information content (AvgIpc) is 1.54. The maximum Gasteiger partial charge on any atom is 3.00 e. The van der Waals surface area contributed by atoms with Gasteiger partial charge in [-0.3, -0.25) is 0 Å². The van der Waals surface area contributed by atoms with E-state index in [4.69, 9.17) is 42.2 Å². The van der Waals surface area contributed by atoms with Crippen molar-refractivity contribution in [1.29, 1.82) is 0 Å². The first-order valence-corrected chi connectivity index (χ1v) is 5.51. The fourth-order valence-electron chi connectivity index (χ4n) is 0. The molecule has 14 heteroatoms. The van der Waals surface area contributed by atoms with E-state index in [0.29, 0.717) is 0 Å². The Hall–Kier alpha value is 1.32. The van der Waals surface area contributed by atoms with Crippen LogP contribution < -0.4 is 28.8 Å². The summed E-state index contributed by atoms with van der Waals surface area (Å²) in [5, 5.41) is 0. The summed E-state index contributed by atoms with van der Waals surface area (Å²) in [5.41, 5.74) is 0. The van der Waals surface area contributed by atoms with Gasteiger partial charge in [-0.05, 0) is 0 Å². The molecule has 0 aromatic rings. The van der Waals surface area contributed by atoms with Gasteiger partial charge in [0.2, 0.25) is 0 Å². The summed E-state index contributed by atoms with van der Waals surface area (Å²) in [7, 11) is -10.9. The maximum atomic E-state index is 8.52. The summed E-state index contributed by atoms with van der Waals surface area (Å²) in [5.74, 6) is 0. The molecule has 0 aliphatic heterocycles. The Labute approximate surface area is 141 Å². The van der Waals surface area contributed by atoms with Crippen LogP contribution in [0.15, 0.2) is 0 Å². The molecule has 0 unspecified atom stereocenters. The van der Waals surface area contributed by atoms with E-state index in [1.54, 1.807) is 0 Å². The van der Waals surface area contributed by atoms with Crippen LogP contribution in [0.5, 0.6) is 0 Å². The van der Waals surface area contributed by atoms with Crippen molar-refractivity contribution in [1.82, 2.24) is 0 Å². The van der Waals surface area contributed by atoms with E-state index in [-0.39, 0.29) is 73.7 Å². The predicted octanol–water partition coefficient (Wildman–Crippen LogP) is -8.63. The van der Waals surface area contributed by atoms with Crippen LogP contribution in [-0.4, -0.2) is 27.5 Å². The Balaban J connectivity index is -0.0000000270. The van der Waals surface area contributed by atoms with E-state index in [2.05, 4.69) is 0 Å². The van der Waals surface area contributed by atoms with Crippen LogP contribution in [0, 0.1) is 73.7 Å². The van der Waals surface area contributed by atoms with Gasteiger partial charge < -0.3 is 42.2 Å². The maximum absolute atomic E-state index is 8.52. The first kappa shape index (κ1) is 29.5. The molecule has 0 aliphatic rings. The van der Waals surface area contributed by atoms with Crippen LogP contribution in [0.4, 0.5) is 0 Å². The molecule has 0 aromatic heterocycles. The van der Waals surface area contributed by atoms with Crippen molar-refractivity contribution in [2.75, 3.05) is 0 Å². The van der Waals surface area contributed by atoms with Gasteiger partial charge in [0, 0.05) is 27.5 Å². The molecule has 0 spiro atoms. The molecule has 0 aromatic carbocycles. The molecule has 0 fully saturated rings. The van der Waals surface area contributed by atoms with Crippen molar-refractivity contribution >= 4 is 27.5 Å². The van der Waals surface area contributed by atoms with Gasteiger partial charge in [0.1, 0.15) is 0 Å². The van der Waals surface area contributed by atoms with Crippen molar-refractivity contribution in [3.05, 3.63) is 0 Å². The molecule has 0 heterocycles. The Morgan fingerprint density at radius 3 is 0.500 bits per heavy atom. The van der Waals surface area contributed by atoms with Crippen molar-refractivity contribution in [2.24, 2.45) is 0 Å². The molecule has 9 nitrogen and oxygen atoms in total. The van der Waals surface area contributed by atoms with Gasteiger partial charge in [0.15, 0.2) is 0 Å². The predicted molar refractivity (Wildman–Crippen MR) is 19.3 cm³/mol. The van der Waals surface area contributed by atoms with Gasteiger partial charge in [-0.15, -0.1) is 0 Å². The average molecular weight is 578 g/mol. The van der Waals surface area contributed by atoms with Crippen molar-refractivity contribution in [3.8, 4) is 0 Å². The van der Waals surface area contributed by atoms with Crippen LogP contribution in [0.1, 0.15) is 0 Å². The van der Waals surface area contributed by atoms with Crippen molar-refractivity contribution in [3.63, 3.8) is 0 Å². The smallest absolute Gasteiger partial charge is 0.672 e. The second-order valence-corrected chi connectivity index (χ2v) is 2.25. The van der Waals surface area contributed by atoms with Gasteiger partial charge in [-0.2, -0.15) is 0 Å². The van der Waals surface area contributed by atoms with E-state index in [1.165, 1.54) is 0 Å². The third-order valence-corrected chi connectivity index (χ3v) is 0. The Kier molecular flexibility index (Phi) is 50.3. The first-order valence-electron chi connectivity index (χ1n) is 1.84. The van der Waals surface area contributed by atoms with Crippen LogP contribution in [0.2, 0.25) is 0 Å². The van der Waals surface area contributed by atoms with E-state index in [0.717, 1.165) is 0 Å². The third kappa shape index (κ3) is 1160. The molecule has 0 rings (SSSR count). The standard InChI is InChI=1S/2Lu.3O3Si/c;;3*1-4(2)3/q2*+3;3*-2. The minimum absolute atomic E-state index is 0. The van der Waals surface area contributed by atoms with Gasteiger partial charge in [-0.25, -0.2) is 0 Å². The largest absolute Gasteiger partial charge is 3.00 e. The van der Waals surface area contributed by atoms with Crippen LogP contribution in [0.3, 0.4) is 0 Å². The van der Waals surface area contributed by atoms with E-state index < -0.39 is 27.5 Å². The quantitative estimate of drug-likeness (QED) is 0.252. The third-order valence-electron chi connectivity index (χ3n) is 0. The Morgan fingerprint density at radius 2 is 0.500 bits per heavy atom. The summed E-state index contributed by atoms with van der Waals surface area (Å²) in [6, 6.07) is 0. The molecule has 0 bridgehead atoms. The minimum Gasteiger partial charge on any atom is -0.672 e. The van der Waals surface area contributed by atoms with Gasteiger partial charge in [0.25, 0.3) is 0 Å². The molecule has 0 atom stereocenters.